The van der Waals surface area contributed by atoms with Crippen molar-refractivity contribution in [3.63, 3.8) is 0 Å². The molecule has 0 unspecified atom stereocenters. The SMILES string of the molecule is CC(C)CC(=O)Nc1nc2ccc(CBr)cc2c(=O)[nH]1. The maximum Gasteiger partial charge on any atom is 0.260 e. The molecule has 0 saturated heterocycles. The molecule has 2 N–H and O–H groups in total. The molecule has 5 nitrogen and oxygen atoms in total. The van der Waals surface area contributed by atoms with Crippen LogP contribution in [0.3, 0.4) is 0 Å². The normalized spacial score (nSPS) is 11.0. The predicted octanol–water partition coefficient (Wildman–Crippen LogP) is 2.80. The average Bonchev–Trinajstić information content (AvgIpc) is 2.37. The minimum atomic E-state index is -0.252. The standard InChI is InChI=1S/C14H16BrN3O2/c1-8(2)5-12(19)17-14-16-11-4-3-9(7-15)6-10(11)13(20)18-14/h3-4,6,8H,5,7H2,1-2H3,(H2,16,17,18,19,20). The molecule has 2 aromatic rings. The average molecular weight is 338 g/mol. The molecule has 0 aliphatic heterocycles. The lowest BCUT2D eigenvalue weighted by Crippen LogP contribution is -2.19. The number of anilines is 1. The van der Waals surface area contributed by atoms with Crippen LogP contribution in [0, 0.1) is 5.92 Å². The summed E-state index contributed by atoms with van der Waals surface area (Å²) in [7, 11) is 0. The molecule has 0 aliphatic carbocycles. The molecule has 0 aliphatic rings. The fraction of sp³-hybridized carbons (Fsp3) is 0.357. The highest BCUT2D eigenvalue weighted by atomic mass is 79.9. The van der Waals surface area contributed by atoms with Gasteiger partial charge < -0.3 is 0 Å². The number of fused-ring (bicyclic) bond motifs is 1. The zero-order chi connectivity index (χ0) is 14.7. The molecule has 1 heterocycles. The quantitative estimate of drug-likeness (QED) is 0.842. The molecule has 0 spiro atoms. The van der Waals surface area contributed by atoms with Crippen molar-refractivity contribution in [2.24, 2.45) is 5.92 Å². The Morgan fingerprint density at radius 3 is 2.85 bits per heavy atom. The second kappa shape index (κ2) is 6.17. The number of carbonyl (C=O) groups excluding carboxylic acids is 1. The van der Waals surface area contributed by atoms with E-state index in [1.165, 1.54) is 0 Å². The molecule has 0 saturated carbocycles. The van der Waals surface area contributed by atoms with Crippen molar-refractivity contribution < 1.29 is 4.79 Å². The van der Waals surface area contributed by atoms with Crippen LogP contribution in [0.15, 0.2) is 23.0 Å². The topological polar surface area (TPSA) is 74.8 Å². The van der Waals surface area contributed by atoms with E-state index in [0.717, 1.165) is 5.56 Å². The molecule has 0 bridgehead atoms. The van der Waals surface area contributed by atoms with E-state index in [1.807, 2.05) is 19.9 Å². The number of aromatic nitrogens is 2. The Morgan fingerprint density at radius 1 is 1.45 bits per heavy atom. The molecule has 0 fully saturated rings. The molecule has 1 amide bonds. The first-order valence-electron chi connectivity index (χ1n) is 6.38. The lowest BCUT2D eigenvalue weighted by Gasteiger charge is -2.07. The van der Waals surface area contributed by atoms with Gasteiger partial charge in [0.1, 0.15) is 0 Å². The first-order chi connectivity index (χ1) is 9.49. The number of alkyl halides is 1. The number of nitrogens with zero attached hydrogens (tertiary/aromatic N) is 1. The summed E-state index contributed by atoms with van der Waals surface area (Å²) < 4.78 is 0. The van der Waals surface area contributed by atoms with Crippen molar-refractivity contribution in [2.45, 2.75) is 25.6 Å². The Morgan fingerprint density at radius 2 is 2.20 bits per heavy atom. The summed E-state index contributed by atoms with van der Waals surface area (Å²) in [6, 6.07) is 5.46. The van der Waals surface area contributed by atoms with Crippen LogP contribution in [0.2, 0.25) is 0 Å². The Labute approximate surface area is 124 Å². The number of aromatic amines is 1. The number of rotatable bonds is 4. The minimum Gasteiger partial charge on any atom is -0.296 e. The predicted molar refractivity (Wildman–Crippen MR) is 83.1 cm³/mol. The summed E-state index contributed by atoms with van der Waals surface area (Å²) in [5.41, 5.74) is 1.32. The van der Waals surface area contributed by atoms with E-state index in [0.29, 0.717) is 22.7 Å². The third kappa shape index (κ3) is 3.45. The fourth-order valence-electron chi connectivity index (χ4n) is 1.88. The fourth-order valence-corrected chi connectivity index (χ4v) is 2.23. The van der Waals surface area contributed by atoms with Gasteiger partial charge in [-0.05, 0) is 23.6 Å². The van der Waals surface area contributed by atoms with Crippen molar-refractivity contribution in [2.75, 3.05) is 5.32 Å². The van der Waals surface area contributed by atoms with Crippen LogP contribution < -0.4 is 10.9 Å². The molecule has 0 atom stereocenters. The summed E-state index contributed by atoms with van der Waals surface area (Å²) in [6.07, 6.45) is 0.393. The van der Waals surface area contributed by atoms with E-state index in [1.54, 1.807) is 12.1 Å². The molecular weight excluding hydrogens is 322 g/mol. The van der Waals surface area contributed by atoms with Crippen LogP contribution in [-0.2, 0) is 10.1 Å². The van der Waals surface area contributed by atoms with Gasteiger partial charge in [0.25, 0.3) is 5.56 Å². The van der Waals surface area contributed by atoms with E-state index < -0.39 is 0 Å². The van der Waals surface area contributed by atoms with E-state index >= 15 is 0 Å². The van der Waals surface area contributed by atoms with Crippen LogP contribution in [0.5, 0.6) is 0 Å². The molecular formula is C14H16BrN3O2. The van der Waals surface area contributed by atoms with E-state index in [2.05, 4.69) is 31.2 Å². The monoisotopic (exact) mass is 337 g/mol. The number of amides is 1. The Kier molecular flexibility index (Phi) is 4.54. The van der Waals surface area contributed by atoms with Gasteiger partial charge >= 0.3 is 0 Å². The number of H-pyrrole nitrogens is 1. The summed E-state index contributed by atoms with van der Waals surface area (Å²) in [5, 5.41) is 3.81. The smallest absolute Gasteiger partial charge is 0.260 e. The van der Waals surface area contributed by atoms with Crippen molar-refractivity contribution in [3.05, 3.63) is 34.1 Å². The Balaban J connectivity index is 2.33. The van der Waals surface area contributed by atoms with Crippen molar-refractivity contribution >= 4 is 38.7 Å². The van der Waals surface area contributed by atoms with Crippen molar-refractivity contribution in [3.8, 4) is 0 Å². The van der Waals surface area contributed by atoms with Gasteiger partial charge in [-0.15, -0.1) is 0 Å². The maximum atomic E-state index is 12.0. The summed E-state index contributed by atoms with van der Waals surface area (Å²) in [5.74, 6) is 0.294. The largest absolute Gasteiger partial charge is 0.296 e. The molecule has 6 heteroatoms. The van der Waals surface area contributed by atoms with E-state index in [-0.39, 0.29) is 23.3 Å². The first kappa shape index (κ1) is 14.7. The van der Waals surface area contributed by atoms with Gasteiger partial charge in [-0.3, -0.25) is 19.9 Å². The number of hydrogen-bond acceptors (Lipinski definition) is 3. The molecule has 2 rings (SSSR count). The lowest BCUT2D eigenvalue weighted by molar-refractivity contribution is -0.116. The van der Waals surface area contributed by atoms with Crippen LogP contribution in [0.25, 0.3) is 10.9 Å². The second-order valence-electron chi connectivity index (χ2n) is 5.05. The van der Waals surface area contributed by atoms with E-state index in [4.69, 9.17) is 0 Å². The zero-order valence-corrected chi connectivity index (χ0v) is 13.0. The number of halogens is 1. The lowest BCUT2D eigenvalue weighted by atomic mass is 10.1. The van der Waals surface area contributed by atoms with Crippen molar-refractivity contribution in [1.82, 2.24) is 9.97 Å². The third-order valence-electron chi connectivity index (χ3n) is 2.78. The zero-order valence-electron chi connectivity index (χ0n) is 11.4. The van der Waals surface area contributed by atoms with Gasteiger partial charge in [0.2, 0.25) is 11.9 Å². The van der Waals surface area contributed by atoms with Crippen LogP contribution in [0.1, 0.15) is 25.8 Å². The highest BCUT2D eigenvalue weighted by Crippen LogP contribution is 2.14. The molecule has 1 aromatic carbocycles. The summed E-state index contributed by atoms with van der Waals surface area (Å²) >= 11 is 3.35. The third-order valence-corrected chi connectivity index (χ3v) is 3.42. The van der Waals surface area contributed by atoms with Gasteiger partial charge in [0.05, 0.1) is 10.9 Å². The Hall–Kier alpha value is -1.69. The van der Waals surface area contributed by atoms with Crippen molar-refractivity contribution in [1.29, 1.82) is 0 Å². The molecule has 0 radical (unpaired) electrons. The highest BCUT2D eigenvalue weighted by Gasteiger charge is 2.09. The van der Waals surface area contributed by atoms with Gasteiger partial charge in [-0.1, -0.05) is 35.8 Å². The number of hydrogen-bond donors (Lipinski definition) is 2. The van der Waals surface area contributed by atoms with Crippen LogP contribution in [0.4, 0.5) is 5.95 Å². The van der Waals surface area contributed by atoms with Gasteiger partial charge in [0.15, 0.2) is 0 Å². The van der Waals surface area contributed by atoms with Crippen LogP contribution in [-0.4, -0.2) is 15.9 Å². The molecule has 20 heavy (non-hydrogen) atoms. The summed E-state index contributed by atoms with van der Waals surface area (Å²) in [6.45, 7) is 3.91. The molecule has 106 valence electrons. The second-order valence-corrected chi connectivity index (χ2v) is 5.61. The van der Waals surface area contributed by atoms with Crippen LogP contribution >= 0.6 is 15.9 Å². The number of benzene rings is 1. The minimum absolute atomic E-state index is 0.153. The summed E-state index contributed by atoms with van der Waals surface area (Å²) in [4.78, 5) is 30.5. The van der Waals surface area contributed by atoms with Gasteiger partial charge in [0, 0.05) is 11.8 Å². The van der Waals surface area contributed by atoms with E-state index in [9.17, 15) is 9.59 Å². The Bertz CT molecular complexity index is 694. The maximum absolute atomic E-state index is 12.0. The number of carbonyl (C=O) groups is 1. The van der Waals surface area contributed by atoms with Gasteiger partial charge in [-0.2, -0.15) is 0 Å². The first-order valence-corrected chi connectivity index (χ1v) is 7.50. The molecule has 1 aromatic heterocycles. The van der Waals surface area contributed by atoms with Gasteiger partial charge in [-0.25, -0.2) is 4.98 Å². The highest BCUT2D eigenvalue weighted by molar-refractivity contribution is 9.08. The number of nitrogens with one attached hydrogen (secondary N) is 2.